The summed E-state index contributed by atoms with van der Waals surface area (Å²) in [5.74, 6) is 0.632. The molecule has 0 bridgehead atoms. The standard InChI is InChI=1S/C18H15ClN2O4S2/c1-18(2,3)20-16(22)15(27-17(20)26)9-11-5-7-14(25-11)12-8-10(21(23)24)4-6-13(12)19/h4-9H,1-3H3/b15-9+. The van der Waals surface area contributed by atoms with E-state index < -0.39 is 10.5 Å². The Bertz CT molecular complexity index is 991. The second kappa shape index (κ2) is 7.10. The fourth-order valence-corrected chi connectivity index (χ4v) is 4.39. The first-order chi connectivity index (χ1) is 12.6. The molecule has 0 aliphatic carbocycles. The molecule has 1 aliphatic rings. The van der Waals surface area contributed by atoms with Crippen molar-refractivity contribution in [3.8, 4) is 11.3 Å². The highest BCUT2D eigenvalue weighted by Gasteiger charge is 2.39. The van der Waals surface area contributed by atoms with Gasteiger partial charge < -0.3 is 4.42 Å². The van der Waals surface area contributed by atoms with E-state index in [2.05, 4.69) is 0 Å². The number of nitro groups is 1. The molecule has 1 aliphatic heterocycles. The van der Waals surface area contributed by atoms with Crippen LogP contribution >= 0.6 is 35.6 Å². The molecule has 0 atom stereocenters. The minimum atomic E-state index is -0.498. The maximum Gasteiger partial charge on any atom is 0.270 e. The van der Waals surface area contributed by atoms with E-state index in [0.717, 1.165) is 0 Å². The highest BCUT2D eigenvalue weighted by molar-refractivity contribution is 8.26. The van der Waals surface area contributed by atoms with E-state index in [1.54, 1.807) is 23.1 Å². The van der Waals surface area contributed by atoms with Gasteiger partial charge in [0.05, 0.1) is 14.9 Å². The first-order valence-corrected chi connectivity index (χ1v) is 9.50. The molecule has 1 amide bonds. The van der Waals surface area contributed by atoms with Gasteiger partial charge in [0.2, 0.25) is 0 Å². The summed E-state index contributed by atoms with van der Waals surface area (Å²) in [6.07, 6.45) is 1.61. The number of carbonyl (C=O) groups excluding carboxylic acids is 1. The zero-order valence-electron chi connectivity index (χ0n) is 14.7. The summed E-state index contributed by atoms with van der Waals surface area (Å²) >= 11 is 12.7. The molecule has 0 spiro atoms. The monoisotopic (exact) mass is 422 g/mol. The Morgan fingerprint density at radius 3 is 2.59 bits per heavy atom. The molecule has 2 aromatic rings. The summed E-state index contributed by atoms with van der Waals surface area (Å²) in [5.41, 5.74) is -0.0900. The number of amides is 1. The number of thioether (sulfide) groups is 1. The van der Waals surface area contributed by atoms with Crippen molar-refractivity contribution in [2.45, 2.75) is 26.3 Å². The van der Waals surface area contributed by atoms with Crippen LogP contribution in [0.4, 0.5) is 5.69 Å². The minimum absolute atomic E-state index is 0.0848. The summed E-state index contributed by atoms with van der Waals surface area (Å²) < 4.78 is 6.23. The Balaban J connectivity index is 1.93. The molecule has 140 valence electrons. The zero-order valence-corrected chi connectivity index (χ0v) is 17.1. The third-order valence-corrected chi connectivity index (χ3v) is 5.42. The van der Waals surface area contributed by atoms with Gasteiger partial charge in [-0.25, -0.2) is 0 Å². The SMILES string of the molecule is CC(C)(C)N1C(=O)/C(=C\c2ccc(-c3cc([N+](=O)[O-])ccc3Cl)o2)SC1=S. The van der Waals surface area contributed by atoms with Gasteiger partial charge in [0.1, 0.15) is 15.8 Å². The predicted octanol–water partition coefficient (Wildman–Crippen LogP) is 5.51. The Labute approximate surface area is 170 Å². The van der Waals surface area contributed by atoms with E-state index in [4.69, 9.17) is 28.2 Å². The molecular formula is C18H15ClN2O4S2. The van der Waals surface area contributed by atoms with Gasteiger partial charge in [0, 0.05) is 29.3 Å². The van der Waals surface area contributed by atoms with Crippen molar-refractivity contribution in [2.75, 3.05) is 0 Å². The Morgan fingerprint density at radius 2 is 2.00 bits per heavy atom. The number of nitro benzene ring substituents is 1. The molecule has 3 rings (SSSR count). The fraction of sp³-hybridized carbons (Fsp3) is 0.222. The lowest BCUT2D eigenvalue weighted by Gasteiger charge is -2.30. The molecule has 0 radical (unpaired) electrons. The number of rotatable bonds is 3. The van der Waals surface area contributed by atoms with Crippen LogP contribution in [-0.4, -0.2) is 25.6 Å². The summed E-state index contributed by atoms with van der Waals surface area (Å²) in [6, 6.07) is 7.46. The smallest absolute Gasteiger partial charge is 0.270 e. The van der Waals surface area contributed by atoms with Crippen LogP contribution in [0, 0.1) is 10.1 Å². The maximum atomic E-state index is 12.6. The highest BCUT2D eigenvalue weighted by atomic mass is 35.5. The second-order valence-electron chi connectivity index (χ2n) is 6.81. The van der Waals surface area contributed by atoms with E-state index in [0.29, 0.717) is 31.3 Å². The number of hydrogen-bond donors (Lipinski definition) is 0. The lowest BCUT2D eigenvalue weighted by Crippen LogP contribution is -2.44. The van der Waals surface area contributed by atoms with Crippen LogP contribution in [0.25, 0.3) is 17.4 Å². The van der Waals surface area contributed by atoms with E-state index in [-0.39, 0.29) is 11.6 Å². The number of furan rings is 1. The van der Waals surface area contributed by atoms with Gasteiger partial charge >= 0.3 is 0 Å². The van der Waals surface area contributed by atoms with Gasteiger partial charge in [-0.3, -0.25) is 19.8 Å². The van der Waals surface area contributed by atoms with Crippen molar-refractivity contribution in [2.24, 2.45) is 0 Å². The maximum absolute atomic E-state index is 12.6. The van der Waals surface area contributed by atoms with Crippen molar-refractivity contribution in [3.63, 3.8) is 0 Å². The minimum Gasteiger partial charge on any atom is -0.457 e. The van der Waals surface area contributed by atoms with Crippen LogP contribution in [0.15, 0.2) is 39.7 Å². The van der Waals surface area contributed by atoms with Crippen LogP contribution in [-0.2, 0) is 4.79 Å². The third kappa shape index (κ3) is 3.92. The van der Waals surface area contributed by atoms with Gasteiger partial charge in [-0.05, 0) is 39.0 Å². The van der Waals surface area contributed by atoms with Gasteiger partial charge in [-0.15, -0.1) is 0 Å². The molecule has 6 nitrogen and oxygen atoms in total. The molecule has 27 heavy (non-hydrogen) atoms. The summed E-state index contributed by atoms with van der Waals surface area (Å²) in [5, 5.41) is 11.3. The van der Waals surface area contributed by atoms with Crippen LogP contribution in [0.2, 0.25) is 5.02 Å². The van der Waals surface area contributed by atoms with Crippen LogP contribution in [0.1, 0.15) is 26.5 Å². The Morgan fingerprint density at radius 1 is 1.30 bits per heavy atom. The van der Waals surface area contributed by atoms with Gasteiger partial charge in [-0.2, -0.15) is 0 Å². The average Bonchev–Trinajstić information content (AvgIpc) is 3.12. The van der Waals surface area contributed by atoms with Gasteiger partial charge in [-0.1, -0.05) is 35.6 Å². The quantitative estimate of drug-likeness (QED) is 0.281. The number of thiocarbonyl (C=S) groups is 1. The molecule has 0 saturated carbocycles. The number of carbonyl (C=O) groups is 1. The number of non-ortho nitro benzene ring substituents is 1. The van der Waals surface area contributed by atoms with Crippen molar-refractivity contribution in [1.82, 2.24) is 4.90 Å². The Kier molecular flexibility index (Phi) is 5.16. The predicted molar refractivity (Wildman–Crippen MR) is 111 cm³/mol. The molecule has 1 aromatic heterocycles. The largest absolute Gasteiger partial charge is 0.457 e. The topological polar surface area (TPSA) is 76.6 Å². The number of halogens is 1. The van der Waals surface area contributed by atoms with E-state index in [1.165, 1.54) is 30.0 Å². The van der Waals surface area contributed by atoms with E-state index >= 15 is 0 Å². The molecular weight excluding hydrogens is 408 g/mol. The summed E-state index contributed by atoms with van der Waals surface area (Å²) in [7, 11) is 0. The average molecular weight is 423 g/mol. The number of hydrogen-bond acceptors (Lipinski definition) is 6. The first kappa shape index (κ1) is 19.6. The lowest BCUT2D eigenvalue weighted by atomic mass is 10.1. The molecule has 0 N–H and O–H groups in total. The molecule has 1 fully saturated rings. The van der Waals surface area contributed by atoms with Crippen molar-refractivity contribution < 1.29 is 14.1 Å². The van der Waals surface area contributed by atoms with Crippen LogP contribution in [0.5, 0.6) is 0 Å². The molecule has 9 heteroatoms. The number of benzene rings is 1. The van der Waals surface area contributed by atoms with Crippen LogP contribution < -0.4 is 0 Å². The highest BCUT2D eigenvalue weighted by Crippen LogP contribution is 2.38. The number of nitrogens with zero attached hydrogens (tertiary/aromatic N) is 2. The van der Waals surface area contributed by atoms with Crippen molar-refractivity contribution in [1.29, 1.82) is 0 Å². The molecule has 0 unspecified atom stereocenters. The first-order valence-electron chi connectivity index (χ1n) is 7.90. The molecule has 1 saturated heterocycles. The fourth-order valence-electron chi connectivity index (χ4n) is 2.57. The van der Waals surface area contributed by atoms with Crippen LogP contribution in [0.3, 0.4) is 0 Å². The second-order valence-corrected chi connectivity index (χ2v) is 8.89. The molecule has 2 heterocycles. The van der Waals surface area contributed by atoms with Gasteiger partial charge in [0.25, 0.3) is 11.6 Å². The van der Waals surface area contributed by atoms with Crippen molar-refractivity contribution >= 4 is 57.6 Å². The third-order valence-electron chi connectivity index (χ3n) is 3.79. The summed E-state index contributed by atoms with van der Waals surface area (Å²) in [4.78, 5) is 25.1. The van der Waals surface area contributed by atoms with E-state index in [9.17, 15) is 14.9 Å². The van der Waals surface area contributed by atoms with E-state index in [1.807, 2.05) is 20.8 Å². The Hall–Kier alpha value is -2.16. The van der Waals surface area contributed by atoms with Gasteiger partial charge in [0.15, 0.2) is 0 Å². The zero-order chi connectivity index (χ0) is 19.9. The normalized spacial score (nSPS) is 16.4. The lowest BCUT2D eigenvalue weighted by molar-refractivity contribution is -0.384. The summed E-state index contributed by atoms with van der Waals surface area (Å²) in [6.45, 7) is 5.74. The van der Waals surface area contributed by atoms with Crippen molar-refractivity contribution in [3.05, 3.63) is 56.1 Å². The molecule has 1 aromatic carbocycles.